The first-order valence-corrected chi connectivity index (χ1v) is 13.9. The highest BCUT2D eigenvalue weighted by Gasteiger charge is 2.27. The zero-order valence-electron chi connectivity index (χ0n) is 23.0. The number of fused-ring (bicyclic) bond motifs is 1. The summed E-state index contributed by atoms with van der Waals surface area (Å²) in [7, 11) is 3.32. The number of nitrogens with zero attached hydrogens (tertiary/aromatic N) is 3. The lowest BCUT2D eigenvalue weighted by atomic mass is 9.88. The second kappa shape index (κ2) is 13.2. The minimum absolute atomic E-state index is 0.222. The molecule has 1 aromatic carbocycles. The van der Waals surface area contributed by atoms with Crippen molar-refractivity contribution in [3.8, 4) is 0 Å². The van der Waals surface area contributed by atoms with Crippen molar-refractivity contribution in [2.45, 2.75) is 84.1 Å². The summed E-state index contributed by atoms with van der Waals surface area (Å²) >= 11 is 0. The van der Waals surface area contributed by atoms with E-state index < -0.39 is 6.04 Å². The van der Waals surface area contributed by atoms with Crippen molar-refractivity contribution in [1.29, 1.82) is 0 Å². The Bertz CT molecular complexity index is 1060. The quantitative estimate of drug-likeness (QED) is 0.408. The van der Waals surface area contributed by atoms with Crippen molar-refractivity contribution >= 4 is 23.2 Å². The van der Waals surface area contributed by atoms with Gasteiger partial charge in [0.1, 0.15) is 12.3 Å². The SMILES string of the molecule is CCCC(CCC(C)C)CN1CCC(c2ccc3c(c2)n(C)c(=O)n3C(CCC=O)C(=O)NC)CC1. The summed E-state index contributed by atoms with van der Waals surface area (Å²) < 4.78 is 3.18. The highest BCUT2D eigenvalue weighted by molar-refractivity contribution is 5.84. The molecule has 200 valence electrons. The molecule has 1 saturated heterocycles. The maximum Gasteiger partial charge on any atom is 0.329 e. The van der Waals surface area contributed by atoms with Gasteiger partial charge in [-0.25, -0.2) is 4.79 Å². The highest BCUT2D eigenvalue weighted by atomic mass is 16.2. The number of rotatable bonds is 13. The van der Waals surface area contributed by atoms with Crippen LogP contribution in [0.4, 0.5) is 0 Å². The number of likely N-dealkylation sites (N-methyl/N-ethyl adjacent to an activating group) is 1. The van der Waals surface area contributed by atoms with Crippen LogP contribution in [0.15, 0.2) is 23.0 Å². The first-order chi connectivity index (χ1) is 17.3. The fourth-order valence-corrected chi connectivity index (χ4v) is 5.82. The van der Waals surface area contributed by atoms with Gasteiger partial charge in [0.2, 0.25) is 5.91 Å². The van der Waals surface area contributed by atoms with Crippen LogP contribution in [0.3, 0.4) is 0 Å². The zero-order chi connectivity index (χ0) is 26.2. The molecule has 1 aliphatic rings. The Balaban J connectivity index is 1.74. The summed E-state index contributed by atoms with van der Waals surface area (Å²) in [4.78, 5) is 39.3. The Morgan fingerprint density at radius 3 is 2.44 bits per heavy atom. The van der Waals surface area contributed by atoms with Crippen LogP contribution in [0.5, 0.6) is 0 Å². The molecule has 1 fully saturated rings. The number of carbonyl (C=O) groups excluding carboxylic acids is 2. The van der Waals surface area contributed by atoms with Crippen molar-refractivity contribution in [2.75, 3.05) is 26.7 Å². The van der Waals surface area contributed by atoms with Crippen LogP contribution in [0, 0.1) is 11.8 Å². The molecule has 1 N–H and O–H groups in total. The van der Waals surface area contributed by atoms with Crippen molar-refractivity contribution in [3.63, 3.8) is 0 Å². The first-order valence-electron chi connectivity index (χ1n) is 13.9. The van der Waals surface area contributed by atoms with Gasteiger partial charge < -0.3 is 15.0 Å². The fourth-order valence-electron chi connectivity index (χ4n) is 5.82. The minimum atomic E-state index is -0.697. The molecule has 0 saturated carbocycles. The Labute approximate surface area is 216 Å². The van der Waals surface area contributed by atoms with E-state index in [4.69, 9.17) is 0 Å². The second-order valence-corrected chi connectivity index (χ2v) is 11.0. The summed E-state index contributed by atoms with van der Waals surface area (Å²) in [6, 6.07) is 5.55. The molecular weight excluding hydrogens is 452 g/mol. The van der Waals surface area contributed by atoms with E-state index in [1.165, 1.54) is 37.8 Å². The summed E-state index contributed by atoms with van der Waals surface area (Å²) in [6.45, 7) is 10.4. The summed E-state index contributed by atoms with van der Waals surface area (Å²) in [5.74, 6) is 1.80. The molecule has 0 radical (unpaired) electrons. The monoisotopic (exact) mass is 498 g/mol. The first kappa shape index (κ1) is 28.2. The van der Waals surface area contributed by atoms with Crippen LogP contribution < -0.4 is 11.0 Å². The third-order valence-electron chi connectivity index (χ3n) is 7.96. The number of likely N-dealkylation sites (tertiary alicyclic amines) is 1. The smallest absolute Gasteiger partial charge is 0.329 e. The average molecular weight is 499 g/mol. The van der Waals surface area contributed by atoms with E-state index in [0.29, 0.717) is 12.3 Å². The average Bonchev–Trinajstić information content (AvgIpc) is 3.12. The van der Waals surface area contributed by atoms with E-state index in [9.17, 15) is 14.4 Å². The predicted octanol–water partition coefficient (Wildman–Crippen LogP) is 4.64. The van der Waals surface area contributed by atoms with Crippen LogP contribution in [0.25, 0.3) is 11.0 Å². The predicted molar refractivity (Wildman–Crippen MR) is 146 cm³/mol. The molecular formula is C29H46N4O3. The van der Waals surface area contributed by atoms with Crippen LogP contribution >= 0.6 is 0 Å². The van der Waals surface area contributed by atoms with Gasteiger partial charge in [-0.05, 0) is 80.6 Å². The molecule has 1 aliphatic heterocycles. The van der Waals surface area contributed by atoms with Gasteiger partial charge in [-0.15, -0.1) is 0 Å². The van der Waals surface area contributed by atoms with Gasteiger partial charge in [0, 0.05) is 27.1 Å². The molecule has 0 bridgehead atoms. The lowest BCUT2D eigenvalue weighted by molar-refractivity contribution is -0.124. The third-order valence-corrected chi connectivity index (χ3v) is 7.96. The maximum atomic E-state index is 13.1. The highest BCUT2D eigenvalue weighted by Crippen LogP contribution is 2.32. The Kier molecular flexibility index (Phi) is 10.3. The molecule has 7 heteroatoms. The van der Waals surface area contributed by atoms with Crippen molar-refractivity contribution < 1.29 is 9.59 Å². The Hall–Kier alpha value is -2.41. The summed E-state index contributed by atoms with van der Waals surface area (Å²) in [5, 5.41) is 2.65. The molecule has 1 amide bonds. The molecule has 0 spiro atoms. The Morgan fingerprint density at radius 1 is 1.11 bits per heavy atom. The Morgan fingerprint density at radius 2 is 1.83 bits per heavy atom. The van der Waals surface area contributed by atoms with E-state index in [0.717, 1.165) is 55.1 Å². The van der Waals surface area contributed by atoms with E-state index in [2.05, 4.69) is 43.1 Å². The molecule has 2 atom stereocenters. The molecule has 36 heavy (non-hydrogen) atoms. The van der Waals surface area contributed by atoms with Crippen molar-refractivity contribution in [3.05, 3.63) is 34.2 Å². The number of hydrogen-bond donors (Lipinski definition) is 1. The second-order valence-electron chi connectivity index (χ2n) is 11.0. The number of aromatic nitrogens is 2. The van der Waals surface area contributed by atoms with Gasteiger partial charge in [0.05, 0.1) is 11.0 Å². The number of piperidine rings is 1. The number of carbonyl (C=O) groups is 2. The molecule has 2 unspecified atom stereocenters. The maximum absolute atomic E-state index is 13.1. The molecule has 7 nitrogen and oxygen atoms in total. The van der Waals surface area contributed by atoms with E-state index in [1.807, 2.05) is 6.07 Å². The van der Waals surface area contributed by atoms with Crippen LogP contribution in [-0.4, -0.2) is 52.9 Å². The third kappa shape index (κ3) is 6.67. The van der Waals surface area contributed by atoms with Crippen molar-refractivity contribution in [1.82, 2.24) is 19.4 Å². The van der Waals surface area contributed by atoms with E-state index in [1.54, 1.807) is 23.2 Å². The van der Waals surface area contributed by atoms with Gasteiger partial charge >= 0.3 is 5.69 Å². The van der Waals surface area contributed by atoms with Gasteiger partial charge in [-0.3, -0.25) is 13.9 Å². The zero-order valence-corrected chi connectivity index (χ0v) is 23.0. The van der Waals surface area contributed by atoms with Gasteiger partial charge in [0.15, 0.2) is 0 Å². The lowest BCUT2D eigenvalue weighted by Gasteiger charge is -2.34. The normalized spacial score (nSPS) is 16.9. The van der Waals surface area contributed by atoms with Crippen molar-refractivity contribution in [2.24, 2.45) is 18.9 Å². The molecule has 1 aromatic heterocycles. The minimum Gasteiger partial charge on any atom is -0.357 e. The topological polar surface area (TPSA) is 76.3 Å². The molecule has 3 rings (SSSR count). The largest absolute Gasteiger partial charge is 0.357 e. The van der Waals surface area contributed by atoms with Crippen LogP contribution in [-0.2, 0) is 16.6 Å². The fraction of sp³-hybridized carbons (Fsp3) is 0.690. The van der Waals surface area contributed by atoms with Gasteiger partial charge in [-0.2, -0.15) is 0 Å². The van der Waals surface area contributed by atoms with Gasteiger partial charge in [-0.1, -0.05) is 39.7 Å². The summed E-state index contributed by atoms with van der Waals surface area (Å²) in [6.07, 6.45) is 8.81. The molecule has 0 aliphatic carbocycles. The number of aldehydes is 1. The number of imidazole rings is 1. The lowest BCUT2D eigenvalue weighted by Crippen LogP contribution is -2.36. The number of nitrogens with one attached hydrogen (secondary N) is 1. The van der Waals surface area contributed by atoms with Crippen LogP contribution in [0.2, 0.25) is 0 Å². The van der Waals surface area contributed by atoms with E-state index >= 15 is 0 Å². The number of amides is 1. The van der Waals surface area contributed by atoms with Gasteiger partial charge in [0.25, 0.3) is 0 Å². The number of benzene rings is 1. The number of aryl methyl sites for hydroxylation is 1. The van der Waals surface area contributed by atoms with Crippen LogP contribution in [0.1, 0.15) is 89.7 Å². The number of hydrogen-bond acceptors (Lipinski definition) is 4. The molecule has 2 heterocycles. The van der Waals surface area contributed by atoms with E-state index in [-0.39, 0.29) is 18.0 Å². The molecule has 2 aromatic rings. The standard InChI is InChI=1S/C29H46N4O3/c1-6-8-22(11-10-21(2)3)20-32-16-14-23(15-17-32)24-12-13-25-27(19-24)31(5)29(36)33(25)26(9-7-18-34)28(35)30-4/h12-13,18-19,21-23,26H,6-11,14-17,20H2,1-5H3,(H,30,35). The summed E-state index contributed by atoms with van der Waals surface area (Å²) in [5.41, 5.74) is 2.64.